The molecule has 0 amide bonds. The van der Waals surface area contributed by atoms with E-state index in [1.807, 2.05) is 0 Å². The van der Waals surface area contributed by atoms with Crippen LogP contribution in [0.5, 0.6) is 5.75 Å². The summed E-state index contributed by atoms with van der Waals surface area (Å²) >= 11 is 0. The lowest BCUT2D eigenvalue weighted by Gasteiger charge is -2.29. The van der Waals surface area contributed by atoms with Crippen LogP contribution in [0.3, 0.4) is 0 Å². The number of likely N-dealkylation sites (tertiary alicyclic amines) is 1. The number of piperidine rings is 1. The van der Waals surface area contributed by atoms with Crippen LogP contribution in [0.2, 0.25) is 0 Å². The number of rotatable bonds is 4. The van der Waals surface area contributed by atoms with Crippen LogP contribution >= 0.6 is 0 Å². The van der Waals surface area contributed by atoms with Crippen LogP contribution in [-0.2, 0) is 6.42 Å². The topological polar surface area (TPSA) is 32.7 Å². The average molecular weight is 263 g/mol. The second kappa shape index (κ2) is 6.40. The largest absolute Gasteiger partial charge is 0.496 e. The molecule has 19 heavy (non-hydrogen) atoms. The maximum Gasteiger partial charge on any atom is 0.122 e. The summed E-state index contributed by atoms with van der Waals surface area (Å²) in [7, 11) is 1.75. The van der Waals surface area contributed by atoms with Gasteiger partial charge in [-0.2, -0.15) is 0 Å². The fourth-order valence-corrected chi connectivity index (χ4v) is 2.87. The van der Waals surface area contributed by atoms with E-state index in [4.69, 9.17) is 4.74 Å². The Bertz CT molecular complexity index is 423. The zero-order chi connectivity index (χ0) is 13.8. The van der Waals surface area contributed by atoms with Gasteiger partial charge in [-0.3, -0.25) is 0 Å². The SMILES string of the molecule is COc1cc(C)cc(C)c1CCN1CCC(O)CC1. The van der Waals surface area contributed by atoms with Gasteiger partial charge in [0.2, 0.25) is 0 Å². The van der Waals surface area contributed by atoms with Crippen molar-refractivity contribution in [3.63, 3.8) is 0 Å². The molecule has 0 radical (unpaired) electrons. The van der Waals surface area contributed by atoms with E-state index in [-0.39, 0.29) is 6.10 Å². The number of aliphatic hydroxyl groups excluding tert-OH is 1. The fraction of sp³-hybridized carbons (Fsp3) is 0.625. The van der Waals surface area contributed by atoms with Crippen molar-refractivity contribution in [3.05, 3.63) is 28.8 Å². The summed E-state index contributed by atoms with van der Waals surface area (Å²) in [6.07, 6.45) is 2.74. The zero-order valence-corrected chi connectivity index (χ0v) is 12.3. The predicted molar refractivity (Wildman–Crippen MR) is 77.9 cm³/mol. The summed E-state index contributed by atoms with van der Waals surface area (Å²) in [6.45, 7) is 7.33. The molecule has 0 aromatic heterocycles. The normalized spacial score (nSPS) is 17.7. The Morgan fingerprint density at radius 1 is 1.26 bits per heavy atom. The molecule has 3 heteroatoms. The first-order valence-corrected chi connectivity index (χ1v) is 7.14. The second-order valence-corrected chi connectivity index (χ2v) is 5.59. The summed E-state index contributed by atoms with van der Waals surface area (Å²) in [4.78, 5) is 2.44. The first-order chi connectivity index (χ1) is 9.10. The molecule has 1 N–H and O–H groups in total. The Morgan fingerprint density at radius 2 is 1.95 bits per heavy atom. The second-order valence-electron chi connectivity index (χ2n) is 5.59. The van der Waals surface area contributed by atoms with E-state index in [0.717, 1.165) is 44.6 Å². The van der Waals surface area contributed by atoms with Crippen LogP contribution in [-0.4, -0.2) is 42.9 Å². The summed E-state index contributed by atoms with van der Waals surface area (Å²) in [5.74, 6) is 1.01. The molecule has 1 saturated heterocycles. The molecule has 0 saturated carbocycles. The van der Waals surface area contributed by atoms with E-state index < -0.39 is 0 Å². The number of methoxy groups -OCH3 is 1. The molecule has 1 aromatic rings. The van der Waals surface area contributed by atoms with Crippen LogP contribution < -0.4 is 4.74 Å². The van der Waals surface area contributed by atoms with Crippen molar-refractivity contribution in [1.29, 1.82) is 0 Å². The van der Waals surface area contributed by atoms with Gasteiger partial charge in [0.1, 0.15) is 5.75 Å². The Kier molecular flexibility index (Phi) is 4.83. The van der Waals surface area contributed by atoms with Crippen molar-refractivity contribution in [3.8, 4) is 5.75 Å². The highest BCUT2D eigenvalue weighted by Crippen LogP contribution is 2.25. The smallest absolute Gasteiger partial charge is 0.122 e. The zero-order valence-electron chi connectivity index (χ0n) is 12.3. The molecule has 0 aliphatic carbocycles. The number of nitrogens with zero attached hydrogens (tertiary/aromatic N) is 1. The molecule has 3 nitrogen and oxygen atoms in total. The van der Waals surface area contributed by atoms with Gasteiger partial charge in [-0.1, -0.05) is 6.07 Å². The van der Waals surface area contributed by atoms with Gasteiger partial charge in [-0.25, -0.2) is 0 Å². The van der Waals surface area contributed by atoms with Crippen molar-refractivity contribution >= 4 is 0 Å². The molecule has 1 aliphatic heterocycles. The first-order valence-electron chi connectivity index (χ1n) is 7.14. The van der Waals surface area contributed by atoms with Gasteiger partial charge in [0.05, 0.1) is 13.2 Å². The lowest BCUT2D eigenvalue weighted by molar-refractivity contribution is 0.0831. The summed E-state index contributed by atoms with van der Waals surface area (Å²) < 4.78 is 5.51. The molecule has 0 bridgehead atoms. The van der Waals surface area contributed by atoms with E-state index in [1.165, 1.54) is 16.7 Å². The van der Waals surface area contributed by atoms with Crippen LogP contribution in [0.25, 0.3) is 0 Å². The number of benzene rings is 1. The highest BCUT2D eigenvalue weighted by atomic mass is 16.5. The summed E-state index contributed by atoms with van der Waals surface area (Å²) in [6, 6.07) is 4.33. The van der Waals surface area contributed by atoms with Crippen LogP contribution in [0.15, 0.2) is 12.1 Å². The Balaban J connectivity index is 1.99. The van der Waals surface area contributed by atoms with E-state index in [9.17, 15) is 5.11 Å². The number of hydrogen-bond acceptors (Lipinski definition) is 3. The van der Waals surface area contributed by atoms with Crippen molar-refractivity contribution in [2.24, 2.45) is 0 Å². The number of hydrogen-bond donors (Lipinski definition) is 1. The van der Waals surface area contributed by atoms with Gasteiger partial charge < -0.3 is 14.7 Å². The van der Waals surface area contributed by atoms with E-state index in [0.29, 0.717) is 0 Å². The molecule has 0 spiro atoms. The monoisotopic (exact) mass is 263 g/mol. The molecular weight excluding hydrogens is 238 g/mol. The van der Waals surface area contributed by atoms with Crippen molar-refractivity contribution in [2.75, 3.05) is 26.7 Å². The minimum Gasteiger partial charge on any atom is -0.496 e. The first kappa shape index (κ1) is 14.4. The van der Waals surface area contributed by atoms with Crippen molar-refractivity contribution in [1.82, 2.24) is 4.90 Å². The van der Waals surface area contributed by atoms with Gasteiger partial charge in [0.15, 0.2) is 0 Å². The molecule has 106 valence electrons. The molecule has 2 rings (SSSR count). The summed E-state index contributed by atoms with van der Waals surface area (Å²) in [5.41, 5.74) is 3.88. The van der Waals surface area contributed by atoms with Crippen LogP contribution in [0.4, 0.5) is 0 Å². The Labute approximate surface area is 116 Å². The van der Waals surface area contributed by atoms with Crippen molar-refractivity contribution in [2.45, 2.75) is 39.2 Å². The van der Waals surface area contributed by atoms with Crippen LogP contribution in [0, 0.1) is 13.8 Å². The molecule has 1 heterocycles. The molecule has 0 unspecified atom stereocenters. The van der Waals surface area contributed by atoms with Gasteiger partial charge >= 0.3 is 0 Å². The van der Waals surface area contributed by atoms with E-state index in [1.54, 1.807) is 7.11 Å². The highest BCUT2D eigenvalue weighted by Gasteiger charge is 2.17. The quantitative estimate of drug-likeness (QED) is 0.905. The third kappa shape index (κ3) is 3.71. The predicted octanol–water partition coefficient (Wildman–Crippen LogP) is 2.31. The maximum atomic E-state index is 9.52. The van der Waals surface area contributed by atoms with E-state index >= 15 is 0 Å². The molecule has 1 aromatic carbocycles. The fourth-order valence-electron chi connectivity index (χ4n) is 2.87. The average Bonchev–Trinajstić information content (AvgIpc) is 2.39. The van der Waals surface area contributed by atoms with Gasteiger partial charge in [-0.15, -0.1) is 0 Å². The van der Waals surface area contributed by atoms with Crippen molar-refractivity contribution < 1.29 is 9.84 Å². The Hall–Kier alpha value is -1.06. The molecular formula is C16H25NO2. The number of ether oxygens (including phenoxy) is 1. The number of aliphatic hydroxyl groups is 1. The molecule has 0 atom stereocenters. The van der Waals surface area contributed by atoms with E-state index in [2.05, 4.69) is 30.9 Å². The molecule has 1 aliphatic rings. The Morgan fingerprint density at radius 3 is 2.58 bits per heavy atom. The standard InChI is InChI=1S/C16H25NO2/c1-12-10-13(2)15(16(11-12)19-3)6-9-17-7-4-14(18)5-8-17/h10-11,14,18H,4-9H2,1-3H3. The third-order valence-electron chi connectivity index (χ3n) is 4.03. The molecule has 1 fully saturated rings. The van der Waals surface area contributed by atoms with Gasteiger partial charge in [-0.05, 0) is 55.9 Å². The summed E-state index contributed by atoms with van der Waals surface area (Å²) in [5, 5.41) is 9.52. The van der Waals surface area contributed by atoms with Gasteiger partial charge in [0, 0.05) is 19.6 Å². The minimum atomic E-state index is -0.0908. The lowest BCUT2D eigenvalue weighted by Crippen LogP contribution is -2.37. The lowest BCUT2D eigenvalue weighted by atomic mass is 10.0. The third-order valence-corrected chi connectivity index (χ3v) is 4.03. The minimum absolute atomic E-state index is 0.0908. The number of aryl methyl sites for hydroxylation is 2. The van der Waals surface area contributed by atoms with Gasteiger partial charge in [0.25, 0.3) is 0 Å². The maximum absolute atomic E-state index is 9.52. The highest BCUT2D eigenvalue weighted by molar-refractivity contribution is 5.43. The van der Waals surface area contributed by atoms with Crippen LogP contribution in [0.1, 0.15) is 29.5 Å².